The van der Waals surface area contributed by atoms with Crippen LogP contribution in [-0.2, 0) is 4.79 Å². The van der Waals surface area contributed by atoms with E-state index in [4.69, 9.17) is 4.74 Å². The number of β-amino-alcohol motifs (C(OH)–C–C–N with tert-alkyl or cyclic N) is 1. The second-order valence-electron chi connectivity index (χ2n) is 6.22. The number of carbonyl (C=O) groups excluding carboxylic acids is 1. The molecule has 0 saturated carbocycles. The Balaban J connectivity index is 0.00000264. The van der Waals surface area contributed by atoms with Gasteiger partial charge in [-0.15, -0.1) is 12.4 Å². The molecule has 1 heterocycles. The van der Waals surface area contributed by atoms with E-state index in [1.807, 2.05) is 18.2 Å². The highest BCUT2D eigenvalue weighted by atomic mass is 35.5. The molecule has 3 N–H and O–H groups in total. The van der Waals surface area contributed by atoms with Crippen molar-refractivity contribution >= 4 is 18.3 Å². The first-order valence-electron chi connectivity index (χ1n) is 7.90. The standard InChI is InChI=1S/C17H26N2O3.ClH/c1-11(2)13-5-4-6-15(7-13)22-12(3)17(21)19-9-14-8-18-10-16(14)20;/h4-7,11-12,14,16,18,20H,8-10H2,1-3H3,(H,19,21);1H. The van der Waals surface area contributed by atoms with Crippen molar-refractivity contribution in [2.24, 2.45) is 5.92 Å². The molecule has 0 bridgehead atoms. The Morgan fingerprint density at radius 2 is 2.13 bits per heavy atom. The van der Waals surface area contributed by atoms with Crippen LogP contribution < -0.4 is 15.4 Å². The second-order valence-corrected chi connectivity index (χ2v) is 6.22. The number of halogens is 1. The summed E-state index contributed by atoms with van der Waals surface area (Å²) in [6.45, 7) is 7.77. The van der Waals surface area contributed by atoms with Gasteiger partial charge in [0.25, 0.3) is 5.91 Å². The lowest BCUT2D eigenvalue weighted by Crippen LogP contribution is -2.41. The highest BCUT2D eigenvalue weighted by Crippen LogP contribution is 2.21. The average molecular weight is 343 g/mol. The monoisotopic (exact) mass is 342 g/mol. The summed E-state index contributed by atoms with van der Waals surface area (Å²) in [5.74, 6) is 1.04. The van der Waals surface area contributed by atoms with Crippen molar-refractivity contribution in [2.45, 2.75) is 38.9 Å². The number of aliphatic hydroxyl groups excluding tert-OH is 1. The fraction of sp³-hybridized carbons (Fsp3) is 0.588. The minimum atomic E-state index is -0.561. The normalized spacial score (nSPS) is 21.6. The van der Waals surface area contributed by atoms with Gasteiger partial charge in [0.15, 0.2) is 6.10 Å². The van der Waals surface area contributed by atoms with Gasteiger partial charge in [0.1, 0.15) is 5.75 Å². The molecule has 1 aromatic rings. The van der Waals surface area contributed by atoms with Crippen molar-refractivity contribution in [1.29, 1.82) is 0 Å². The Morgan fingerprint density at radius 1 is 1.39 bits per heavy atom. The van der Waals surface area contributed by atoms with Gasteiger partial charge in [-0.05, 0) is 30.5 Å². The van der Waals surface area contributed by atoms with Crippen LogP contribution >= 0.6 is 12.4 Å². The van der Waals surface area contributed by atoms with E-state index in [2.05, 4.69) is 30.5 Å². The molecular weight excluding hydrogens is 316 g/mol. The summed E-state index contributed by atoms with van der Waals surface area (Å²) >= 11 is 0. The summed E-state index contributed by atoms with van der Waals surface area (Å²) in [5, 5.41) is 15.7. The van der Waals surface area contributed by atoms with Crippen LogP contribution in [0, 0.1) is 5.92 Å². The van der Waals surface area contributed by atoms with Crippen molar-refractivity contribution in [3.05, 3.63) is 29.8 Å². The van der Waals surface area contributed by atoms with Crippen molar-refractivity contribution in [1.82, 2.24) is 10.6 Å². The molecule has 0 aromatic heterocycles. The number of rotatable bonds is 6. The molecule has 1 aromatic carbocycles. The van der Waals surface area contributed by atoms with Crippen LogP contribution in [0.4, 0.5) is 0 Å². The minimum Gasteiger partial charge on any atom is -0.481 e. The number of hydrogen-bond acceptors (Lipinski definition) is 4. The molecule has 0 radical (unpaired) electrons. The minimum absolute atomic E-state index is 0. The van der Waals surface area contributed by atoms with Crippen molar-refractivity contribution in [2.75, 3.05) is 19.6 Å². The summed E-state index contributed by atoms with van der Waals surface area (Å²) in [7, 11) is 0. The quantitative estimate of drug-likeness (QED) is 0.736. The smallest absolute Gasteiger partial charge is 0.260 e. The van der Waals surface area contributed by atoms with Gasteiger partial charge in [-0.3, -0.25) is 4.79 Å². The van der Waals surface area contributed by atoms with E-state index in [0.29, 0.717) is 24.8 Å². The topological polar surface area (TPSA) is 70.6 Å². The van der Waals surface area contributed by atoms with Gasteiger partial charge in [-0.2, -0.15) is 0 Å². The zero-order valence-corrected chi connectivity index (χ0v) is 14.7. The van der Waals surface area contributed by atoms with E-state index in [1.165, 1.54) is 5.56 Å². The van der Waals surface area contributed by atoms with E-state index in [1.54, 1.807) is 6.92 Å². The molecule has 0 spiro atoms. The van der Waals surface area contributed by atoms with Crippen molar-refractivity contribution < 1.29 is 14.6 Å². The number of aliphatic hydroxyl groups is 1. The summed E-state index contributed by atoms with van der Waals surface area (Å²) in [4.78, 5) is 12.1. The van der Waals surface area contributed by atoms with Crippen LogP contribution in [0.1, 0.15) is 32.3 Å². The predicted molar refractivity (Wildman–Crippen MR) is 93.2 cm³/mol. The van der Waals surface area contributed by atoms with E-state index >= 15 is 0 Å². The van der Waals surface area contributed by atoms with Crippen molar-refractivity contribution in [3.63, 3.8) is 0 Å². The maximum absolute atomic E-state index is 12.1. The molecule has 1 fully saturated rings. The number of amides is 1. The van der Waals surface area contributed by atoms with Crippen LogP contribution in [0.15, 0.2) is 24.3 Å². The summed E-state index contributed by atoms with van der Waals surface area (Å²) in [5.41, 5.74) is 1.19. The lowest BCUT2D eigenvalue weighted by Gasteiger charge is -2.18. The third-order valence-electron chi connectivity index (χ3n) is 4.05. The van der Waals surface area contributed by atoms with Gasteiger partial charge in [0.05, 0.1) is 6.10 Å². The Morgan fingerprint density at radius 3 is 2.74 bits per heavy atom. The number of nitrogens with one attached hydrogen (secondary N) is 2. The fourth-order valence-electron chi connectivity index (χ4n) is 2.51. The van der Waals surface area contributed by atoms with Crippen LogP contribution in [0.3, 0.4) is 0 Å². The number of carbonyl (C=O) groups is 1. The molecule has 3 atom stereocenters. The summed E-state index contributed by atoms with van der Waals surface area (Å²) in [6, 6.07) is 7.83. The highest BCUT2D eigenvalue weighted by Gasteiger charge is 2.26. The molecule has 1 aliphatic heterocycles. The van der Waals surface area contributed by atoms with Crippen LogP contribution in [0.2, 0.25) is 0 Å². The first kappa shape index (κ1) is 19.7. The fourth-order valence-corrected chi connectivity index (χ4v) is 2.51. The van der Waals surface area contributed by atoms with Crippen molar-refractivity contribution in [3.8, 4) is 5.75 Å². The van der Waals surface area contributed by atoms with Crippen LogP contribution in [0.25, 0.3) is 0 Å². The zero-order valence-electron chi connectivity index (χ0n) is 13.9. The molecule has 130 valence electrons. The lowest BCUT2D eigenvalue weighted by atomic mass is 10.0. The molecule has 23 heavy (non-hydrogen) atoms. The van der Waals surface area contributed by atoms with Gasteiger partial charge in [-0.25, -0.2) is 0 Å². The van der Waals surface area contributed by atoms with Gasteiger partial charge < -0.3 is 20.5 Å². The van der Waals surface area contributed by atoms with Gasteiger partial charge >= 0.3 is 0 Å². The number of hydrogen-bond donors (Lipinski definition) is 3. The third kappa shape index (κ3) is 5.68. The molecule has 6 heteroatoms. The Bertz CT molecular complexity index is 510. The zero-order chi connectivity index (χ0) is 16.1. The molecule has 1 aliphatic rings. The van der Waals surface area contributed by atoms with Crippen LogP contribution in [0.5, 0.6) is 5.75 Å². The number of ether oxygens (including phenoxy) is 1. The first-order valence-corrected chi connectivity index (χ1v) is 7.90. The maximum Gasteiger partial charge on any atom is 0.260 e. The maximum atomic E-state index is 12.1. The Hall–Kier alpha value is -1.30. The van der Waals surface area contributed by atoms with E-state index < -0.39 is 6.10 Å². The SMILES string of the molecule is CC(Oc1cccc(C(C)C)c1)C(=O)NCC1CNCC1O.Cl. The van der Waals surface area contributed by atoms with Gasteiger partial charge in [0, 0.05) is 25.6 Å². The molecular formula is C17H27ClN2O3. The first-order chi connectivity index (χ1) is 10.5. The van der Waals surface area contributed by atoms with Gasteiger partial charge in [-0.1, -0.05) is 26.0 Å². The van der Waals surface area contributed by atoms with E-state index in [-0.39, 0.29) is 30.3 Å². The average Bonchev–Trinajstić information content (AvgIpc) is 2.90. The van der Waals surface area contributed by atoms with Crippen LogP contribution in [-0.4, -0.2) is 42.9 Å². The molecule has 3 unspecified atom stereocenters. The van der Waals surface area contributed by atoms with E-state index in [9.17, 15) is 9.90 Å². The Labute approximate surface area is 144 Å². The summed E-state index contributed by atoms with van der Waals surface area (Å²) < 4.78 is 5.72. The lowest BCUT2D eigenvalue weighted by molar-refractivity contribution is -0.127. The Kier molecular flexibility index (Phi) is 7.82. The summed E-state index contributed by atoms with van der Waals surface area (Å²) in [6.07, 6.45) is -0.951. The molecule has 0 aliphatic carbocycles. The molecule has 1 amide bonds. The van der Waals surface area contributed by atoms with E-state index in [0.717, 1.165) is 6.54 Å². The molecule has 5 nitrogen and oxygen atoms in total. The highest BCUT2D eigenvalue weighted by molar-refractivity contribution is 5.85. The number of benzene rings is 1. The molecule has 1 saturated heterocycles. The van der Waals surface area contributed by atoms with Gasteiger partial charge in [0.2, 0.25) is 0 Å². The predicted octanol–water partition coefficient (Wildman–Crippen LogP) is 1.70. The third-order valence-corrected chi connectivity index (χ3v) is 4.05. The molecule has 2 rings (SSSR count). The largest absolute Gasteiger partial charge is 0.481 e. The second kappa shape index (κ2) is 9.11.